The van der Waals surface area contributed by atoms with Gasteiger partial charge in [0.05, 0.1) is 0 Å². The second-order valence-electron chi connectivity index (χ2n) is 5.43. The summed E-state index contributed by atoms with van der Waals surface area (Å²) in [6.07, 6.45) is 0.879. The van der Waals surface area contributed by atoms with E-state index in [0.29, 0.717) is 19.4 Å². The molecule has 0 unspecified atom stereocenters. The van der Waals surface area contributed by atoms with Gasteiger partial charge >= 0.3 is 6.03 Å². The third-order valence-corrected chi connectivity index (χ3v) is 3.31. The van der Waals surface area contributed by atoms with Gasteiger partial charge in [0.15, 0.2) is 0 Å². The molecule has 0 radical (unpaired) electrons. The fourth-order valence-corrected chi connectivity index (χ4v) is 1.96. The van der Waals surface area contributed by atoms with Crippen LogP contribution in [0.2, 0.25) is 0 Å². The van der Waals surface area contributed by atoms with Crippen LogP contribution in [0, 0.1) is 11.3 Å². The highest BCUT2D eigenvalue weighted by Gasteiger charge is 2.62. The molecule has 0 aromatic heterocycles. The molecule has 1 spiro atoms. The van der Waals surface area contributed by atoms with E-state index in [1.54, 1.807) is 0 Å². The summed E-state index contributed by atoms with van der Waals surface area (Å²) in [5.74, 6) is -1.21. The first-order valence-corrected chi connectivity index (χ1v) is 6.31. The summed E-state index contributed by atoms with van der Waals surface area (Å²) < 4.78 is 0. The zero-order valence-electron chi connectivity index (χ0n) is 11.0. The van der Waals surface area contributed by atoms with E-state index < -0.39 is 29.2 Å². The summed E-state index contributed by atoms with van der Waals surface area (Å²) in [7, 11) is 0. The van der Waals surface area contributed by atoms with Crippen LogP contribution in [0.25, 0.3) is 0 Å². The van der Waals surface area contributed by atoms with Gasteiger partial charge in [0, 0.05) is 6.54 Å². The Morgan fingerprint density at radius 2 is 2.00 bits per heavy atom. The Labute approximate surface area is 110 Å². The van der Waals surface area contributed by atoms with Gasteiger partial charge in [-0.15, -0.1) is 0 Å². The fraction of sp³-hybridized carbons (Fsp3) is 0.667. The maximum Gasteiger partial charge on any atom is 0.331 e. The molecular formula is C12H17N3O4. The van der Waals surface area contributed by atoms with Gasteiger partial charge in [-0.1, -0.05) is 13.8 Å². The molecule has 1 heterocycles. The monoisotopic (exact) mass is 267 g/mol. The number of carbonyl (C=O) groups is 4. The van der Waals surface area contributed by atoms with Gasteiger partial charge in [0.2, 0.25) is 17.7 Å². The molecule has 0 atom stereocenters. The molecule has 1 aliphatic carbocycles. The van der Waals surface area contributed by atoms with Gasteiger partial charge in [-0.3, -0.25) is 24.6 Å². The van der Waals surface area contributed by atoms with E-state index in [1.807, 2.05) is 13.8 Å². The van der Waals surface area contributed by atoms with E-state index in [-0.39, 0.29) is 12.5 Å². The first-order chi connectivity index (χ1) is 8.86. The average Bonchev–Trinajstić information content (AvgIpc) is 3.12. The molecule has 1 aliphatic heterocycles. The van der Waals surface area contributed by atoms with E-state index in [4.69, 9.17) is 0 Å². The molecule has 2 rings (SSSR count). The normalized spacial score (nSPS) is 20.8. The van der Waals surface area contributed by atoms with Crippen LogP contribution in [-0.4, -0.2) is 41.7 Å². The van der Waals surface area contributed by atoms with E-state index in [0.717, 1.165) is 4.90 Å². The summed E-state index contributed by atoms with van der Waals surface area (Å²) in [4.78, 5) is 47.7. The summed E-state index contributed by atoms with van der Waals surface area (Å²) in [5.41, 5.74) is -1.09. The Morgan fingerprint density at radius 1 is 1.37 bits per heavy atom. The first-order valence-electron chi connectivity index (χ1n) is 6.31. The molecule has 2 fully saturated rings. The Hall–Kier alpha value is -1.92. The minimum atomic E-state index is -1.09. The number of nitrogens with one attached hydrogen (secondary N) is 2. The molecule has 1 saturated heterocycles. The number of carbonyl (C=O) groups excluding carboxylic acids is 4. The zero-order valence-corrected chi connectivity index (χ0v) is 11.0. The van der Waals surface area contributed by atoms with Crippen molar-refractivity contribution in [2.24, 2.45) is 11.3 Å². The smallest absolute Gasteiger partial charge is 0.331 e. The van der Waals surface area contributed by atoms with Crippen LogP contribution in [0.4, 0.5) is 4.79 Å². The van der Waals surface area contributed by atoms with Gasteiger partial charge in [-0.05, 0) is 18.8 Å². The minimum Gasteiger partial charge on any atom is -0.354 e. The quantitative estimate of drug-likeness (QED) is 0.678. The molecule has 7 heteroatoms. The van der Waals surface area contributed by atoms with Crippen LogP contribution < -0.4 is 10.6 Å². The van der Waals surface area contributed by atoms with Crippen LogP contribution in [0.5, 0.6) is 0 Å². The molecule has 1 saturated carbocycles. The number of urea groups is 1. The Morgan fingerprint density at radius 3 is 2.53 bits per heavy atom. The van der Waals surface area contributed by atoms with Crippen molar-refractivity contribution < 1.29 is 19.2 Å². The average molecular weight is 267 g/mol. The summed E-state index contributed by atoms with van der Waals surface area (Å²) >= 11 is 0. The van der Waals surface area contributed by atoms with Crippen molar-refractivity contribution in [1.29, 1.82) is 0 Å². The molecule has 19 heavy (non-hydrogen) atoms. The minimum absolute atomic E-state index is 0.284. The predicted molar refractivity (Wildman–Crippen MR) is 64.8 cm³/mol. The molecule has 0 aromatic rings. The van der Waals surface area contributed by atoms with E-state index in [2.05, 4.69) is 10.6 Å². The largest absolute Gasteiger partial charge is 0.354 e. The second kappa shape index (κ2) is 4.64. The van der Waals surface area contributed by atoms with Gasteiger partial charge in [-0.25, -0.2) is 4.79 Å². The first kappa shape index (κ1) is 13.5. The number of hydrogen-bond acceptors (Lipinski definition) is 4. The number of rotatable bonds is 4. The maximum atomic E-state index is 12.1. The van der Waals surface area contributed by atoms with E-state index in [9.17, 15) is 19.2 Å². The van der Waals surface area contributed by atoms with Crippen molar-refractivity contribution in [2.45, 2.75) is 26.7 Å². The molecular weight excluding hydrogens is 250 g/mol. The van der Waals surface area contributed by atoms with E-state index in [1.165, 1.54) is 0 Å². The Kier molecular flexibility index (Phi) is 3.30. The highest BCUT2D eigenvalue weighted by atomic mass is 16.2. The molecule has 2 N–H and O–H groups in total. The number of amides is 5. The molecule has 0 aromatic carbocycles. The Bertz CT molecular complexity index is 454. The van der Waals surface area contributed by atoms with Crippen LogP contribution in [0.3, 0.4) is 0 Å². The predicted octanol–water partition coefficient (Wildman–Crippen LogP) is -0.383. The topological polar surface area (TPSA) is 95.6 Å². The SMILES string of the molecule is CC(C)CNC(=O)CN1C(=O)NC(=O)C2(CC2)C1=O. The third kappa shape index (κ3) is 2.45. The third-order valence-electron chi connectivity index (χ3n) is 3.31. The van der Waals surface area contributed by atoms with Gasteiger partial charge in [0.1, 0.15) is 12.0 Å². The van der Waals surface area contributed by atoms with Crippen molar-refractivity contribution in [1.82, 2.24) is 15.5 Å². The van der Waals surface area contributed by atoms with Crippen molar-refractivity contribution in [3.63, 3.8) is 0 Å². The van der Waals surface area contributed by atoms with Gasteiger partial charge < -0.3 is 5.32 Å². The highest BCUT2D eigenvalue weighted by Crippen LogP contribution is 2.48. The summed E-state index contributed by atoms with van der Waals surface area (Å²) in [6, 6.07) is -0.813. The lowest BCUT2D eigenvalue weighted by atomic mass is 10.0. The number of barbiturate groups is 1. The maximum absolute atomic E-state index is 12.1. The highest BCUT2D eigenvalue weighted by molar-refractivity contribution is 6.21. The number of nitrogens with zero attached hydrogens (tertiary/aromatic N) is 1. The summed E-state index contributed by atoms with van der Waals surface area (Å²) in [6.45, 7) is 4.02. The zero-order chi connectivity index (χ0) is 14.2. The summed E-state index contributed by atoms with van der Waals surface area (Å²) in [5, 5.41) is 4.76. The molecule has 7 nitrogen and oxygen atoms in total. The Balaban J connectivity index is 1.99. The van der Waals surface area contributed by atoms with Crippen molar-refractivity contribution in [3.05, 3.63) is 0 Å². The lowest BCUT2D eigenvalue weighted by Gasteiger charge is -2.29. The number of imide groups is 2. The van der Waals surface area contributed by atoms with E-state index >= 15 is 0 Å². The van der Waals surface area contributed by atoms with Crippen molar-refractivity contribution >= 4 is 23.8 Å². The standard InChI is InChI=1S/C12H17N3O4/c1-7(2)5-13-8(16)6-15-10(18)12(3-4-12)9(17)14-11(15)19/h7H,3-6H2,1-2H3,(H,13,16)(H,14,17,19). The lowest BCUT2D eigenvalue weighted by Crippen LogP contribution is -2.60. The van der Waals surface area contributed by atoms with Crippen LogP contribution >= 0.6 is 0 Å². The molecule has 2 aliphatic rings. The molecule has 0 bridgehead atoms. The molecule has 104 valence electrons. The van der Waals surface area contributed by atoms with Gasteiger partial charge in [0.25, 0.3) is 0 Å². The van der Waals surface area contributed by atoms with Crippen LogP contribution in [0.15, 0.2) is 0 Å². The van der Waals surface area contributed by atoms with Crippen molar-refractivity contribution in [2.75, 3.05) is 13.1 Å². The second-order valence-corrected chi connectivity index (χ2v) is 5.43. The van der Waals surface area contributed by atoms with Crippen LogP contribution in [0.1, 0.15) is 26.7 Å². The fourth-order valence-electron chi connectivity index (χ4n) is 1.96. The molecule has 5 amide bonds. The van der Waals surface area contributed by atoms with Gasteiger partial charge in [-0.2, -0.15) is 0 Å². The number of hydrogen-bond donors (Lipinski definition) is 2. The van der Waals surface area contributed by atoms with Crippen molar-refractivity contribution in [3.8, 4) is 0 Å². The van der Waals surface area contributed by atoms with Crippen LogP contribution in [-0.2, 0) is 14.4 Å². The lowest BCUT2D eigenvalue weighted by molar-refractivity contribution is -0.146.